The lowest BCUT2D eigenvalue weighted by molar-refractivity contribution is -0.0223. The summed E-state index contributed by atoms with van der Waals surface area (Å²) in [6, 6.07) is 9.37. The highest BCUT2D eigenvalue weighted by molar-refractivity contribution is 5.86. The number of benzene rings is 1. The number of hydrogen-bond acceptors (Lipinski definition) is 3. The summed E-state index contributed by atoms with van der Waals surface area (Å²) < 4.78 is 2.36. The molecule has 4 nitrogen and oxygen atoms in total. The Morgan fingerprint density at radius 2 is 2.08 bits per heavy atom. The fourth-order valence-electron chi connectivity index (χ4n) is 5.61. The number of aliphatic hydroxyl groups excluding tert-OH is 2. The third kappa shape index (κ3) is 1.65. The second-order valence-electron chi connectivity index (χ2n) is 7.67. The summed E-state index contributed by atoms with van der Waals surface area (Å²) in [6.07, 6.45) is 3.74. The topological polar surface area (TPSA) is 48.6 Å². The number of rotatable bonds is 2. The van der Waals surface area contributed by atoms with Gasteiger partial charge in [0.05, 0.1) is 12.1 Å². The first kappa shape index (κ1) is 14.6. The van der Waals surface area contributed by atoms with Crippen molar-refractivity contribution in [2.75, 3.05) is 6.61 Å². The zero-order valence-electron chi connectivity index (χ0n) is 14.2. The van der Waals surface area contributed by atoms with Crippen LogP contribution in [0.2, 0.25) is 0 Å². The van der Waals surface area contributed by atoms with Gasteiger partial charge in [0.1, 0.15) is 0 Å². The third-order valence-electron chi connectivity index (χ3n) is 6.64. The van der Waals surface area contributed by atoms with Crippen molar-refractivity contribution in [2.45, 2.75) is 38.0 Å². The number of aliphatic hydroxyl groups is 2. The van der Waals surface area contributed by atoms with E-state index in [1.807, 2.05) is 6.92 Å². The van der Waals surface area contributed by atoms with Crippen LogP contribution in [0.4, 0.5) is 0 Å². The Kier molecular flexibility index (Phi) is 2.95. The lowest BCUT2D eigenvalue weighted by atomic mass is 9.65. The van der Waals surface area contributed by atoms with E-state index in [0.29, 0.717) is 18.0 Å². The summed E-state index contributed by atoms with van der Waals surface area (Å²) in [5, 5.41) is 21.6. The average molecular weight is 324 g/mol. The van der Waals surface area contributed by atoms with Gasteiger partial charge in [0.2, 0.25) is 0 Å². The maximum atomic E-state index is 10.2. The molecule has 0 unspecified atom stereocenters. The molecule has 2 aromatic rings. The molecule has 0 saturated carbocycles. The minimum absolute atomic E-state index is 0.197. The van der Waals surface area contributed by atoms with E-state index in [2.05, 4.69) is 47.0 Å². The van der Waals surface area contributed by atoms with Crippen LogP contribution in [0.1, 0.15) is 30.6 Å². The second kappa shape index (κ2) is 4.87. The van der Waals surface area contributed by atoms with Crippen LogP contribution < -0.4 is 0 Å². The van der Waals surface area contributed by atoms with Gasteiger partial charge in [-0.2, -0.15) is 0 Å². The molecule has 4 aliphatic rings. The number of aromatic nitrogens is 1. The Hall–Kier alpha value is -1.78. The molecule has 5 heterocycles. The van der Waals surface area contributed by atoms with Gasteiger partial charge >= 0.3 is 0 Å². The van der Waals surface area contributed by atoms with Gasteiger partial charge in [-0.25, -0.2) is 0 Å². The smallest absolute Gasteiger partial charge is 0.0741 e. The van der Waals surface area contributed by atoms with Gasteiger partial charge in [-0.3, -0.25) is 0 Å². The fourth-order valence-corrected chi connectivity index (χ4v) is 5.61. The van der Waals surface area contributed by atoms with Crippen LogP contribution in [0.3, 0.4) is 0 Å². The number of hydrogen-bond donors (Lipinski definition) is 2. The van der Waals surface area contributed by atoms with Gasteiger partial charge in [-0.15, -0.1) is 0 Å². The van der Waals surface area contributed by atoms with E-state index in [0.717, 1.165) is 18.4 Å². The van der Waals surface area contributed by atoms with E-state index in [-0.39, 0.29) is 12.5 Å². The van der Waals surface area contributed by atoms with Crippen LogP contribution >= 0.6 is 0 Å². The maximum absolute atomic E-state index is 10.2. The zero-order chi connectivity index (χ0) is 16.6. The summed E-state index contributed by atoms with van der Waals surface area (Å²) in [5.41, 5.74) is 5.29. The minimum Gasteiger partial charge on any atom is -0.396 e. The van der Waals surface area contributed by atoms with Crippen LogP contribution in [0.15, 0.2) is 36.0 Å². The molecule has 1 fully saturated rings. The van der Waals surface area contributed by atoms with Crippen molar-refractivity contribution in [1.29, 1.82) is 0 Å². The molecule has 0 radical (unpaired) electrons. The van der Waals surface area contributed by atoms with Crippen molar-refractivity contribution in [2.24, 2.45) is 18.9 Å². The summed E-state index contributed by atoms with van der Waals surface area (Å²) in [6.45, 7) is 2.04. The molecule has 5 atom stereocenters. The molecule has 1 saturated heterocycles. The summed E-state index contributed by atoms with van der Waals surface area (Å²) in [7, 11) is 2.17. The molecule has 0 amide bonds. The molecule has 4 heteroatoms. The van der Waals surface area contributed by atoms with Gasteiger partial charge in [0.15, 0.2) is 0 Å². The summed E-state index contributed by atoms with van der Waals surface area (Å²) >= 11 is 0. The maximum Gasteiger partial charge on any atom is 0.0741 e. The number of para-hydroxylation sites is 1. The molecule has 0 aliphatic carbocycles. The molecule has 6 rings (SSSR count). The molecular formula is C20H24N2O2. The predicted molar refractivity (Wildman–Crippen MR) is 93.4 cm³/mol. The monoisotopic (exact) mass is 324 g/mol. The van der Waals surface area contributed by atoms with Gasteiger partial charge in [-0.1, -0.05) is 18.2 Å². The van der Waals surface area contributed by atoms with Gasteiger partial charge in [0.25, 0.3) is 0 Å². The van der Waals surface area contributed by atoms with Crippen LogP contribution in [0, 0.1) is 11.8 Å². The Morgan fingerprint density at radius 1 is 1.29 bits per heavy atom. The first-order valence-corrected chi connectivity index (χ1v) is 8.96. The molecule has 1 aromatic carbocycles. The second-order valence-corrected chi connectivity index (χ2v) is 7.67. The Labute approximate surface area is 142 Å². The molecule has 24 heavy (non-hydrogen) atoms. The number of aryl methyl sites for hydroxylation is 1. The highest BCUT2D eigenvalue weighted by Crippen LogP contribution is 2.54. The Morgan fingerprint density at radius 3 is 2.83 bits per heavy atom. The highest BCUT2D eigenvalue weighted by Gasteiger charge is 2.52. The van der Waals surface area contributed by atoms with Crippen molar-refractivity contribution < 1.29 is 10.2 Å². The number of piperidine rings is 1. The van der Waals surface area contributed by atoms with E-state index >= 15 is 0 Å². The zero-order valence-corrected chi connectivity index (χ0v) is 14.2. The van der Waals surface area contributed by atoms with Crippen molar-refractivity contribution in [3.8, 4) is 0 Å². The largest absolute Gasteiger partial charge is 0.396 e. The molecule has 1 aromatic heterocycles. The minimum atomic E-state index is -0.431. The third-order valence-corrected chi connectivity index (χ3v) is 6.64. The van der Waals surface area contributed by atoms with Crippen LogP contribution in [0.25, 0.3) is 10.9 Å². The molecule has 0 spiro atoms. The molecule has 4 aliphatic heterocycles. The SMILES string of the molecule is C[C@H](O)C1=CN2[C@H]3C[C@@H]1[C@@H](CO)[C@@H]2Cc1c3n(C)c2ccccc12. The first-order chi connectivity index (χ1) is 11.6. The number of fused-ring (bicyclic) bond motifs is 3. The lowest BCUT2D eigenvalue weighted by Gasteiger charge is -2.57. The quantitative estimate of drug-likeness (QED) is 0.891. The van der Waals surface area contributed by atoms with E-state index < -0.39 is 6.10 Å². The van der Waals surface area contributed by atoms with E-state index in [1.54, 1.807) is 0 Å². The Bertz CT molecular complexity index is 851. The highest BCUT2D eigenvalue weighted by atomic mass is 16.3. The van der Waals surface area contributed by atoms with Crippen molar-refractivity contribution in [3.63, 3.8) is 0 Å². The van der Waals surface area contributed by atoms with Crippen LogP contribution in [-0.2, 0) is 13.5 Å². The van der Waals surface area contributed by atoms with Crippen molar-refractivity contribution in [3.05, 3.63) is 47.3 Å². The van der Waals surface area contributed by atoms with E-state index in [9.17, 15) is 10.2 Å². The van der Waals surface area contributed by atoms with Gasteiger partial charge in [-0.05, 0) is 42.9 Å². The van der Waals surface area contributed by atoms with Gasteiger partial charge in [0, 0.05) is 48.4 Å². The van der Waals surface area contributed by atoms with Crippen molar-refractivity contribution >= 4 is 10.9 Å². The standard InChI is InChI=1S/C20H24N2O2/c1-11(24)15-9-22-18-8-14-12-5-3-4-6-17(12)21(2)20(14)19(22)7-13(15)16(18)10-23/h3-6,9,11,13,16,18-19,23-24H,7-8,10H2,1-2H3/t11-,13-,16+,18-,19-/m0/s1. The van der Waals surface area contributed by atoms with Crippen LogP contribution in [-0.4, -0.2) is 38.4 Å². The average Bonchev–Trinajstić information content (AvgIpc) is 2.88. The summed E-state index contributed by atoms with van der Waals surface area (Å²) in [4.78, 5) is 2.43. The molecule has 126 valence electrons. The Balaban J connectivity index is 1.72. The summed E-state index contributed by atoms with van der Waals surface area (Å²) in [5.74, 6) is 0.518. The lowest BCUT2D eigenvalue weighted by Crippen LogP contribution is -2.57. The fraction of sp³-hybridized carbons (Fsp3) is 0.500. The number of nitrogens with zero attached hydrogens (tertiary/aromatic N) is 2. The van der Waals surface area contributed by atoms with Crippen molar-refractivity contribution in [1.82, 2.24) is 9.47 Å². The molecule has 2 N–H and O–H groups in total. The normalized spacial score (nSPS) is 32.0. The van der Waals surface area contributed by atoms with E-state index in [1.165, 1.54) is 22.2 Å². The van der Waals surface area contributed by atoms with Gasteiger partial charge < -0.3 is 19.7 Å². The van der Waals surface area contributed by atoms with E-state index in [4.69, 9.17) is 0 Å². The molecular weight excluding hydrogens is 300 g/mol. The molecule has 4 bridgehead atoms. The first-order valence-electron chi connectivity index (χ1n) is 8.96. The predicted octanol–water partition coefficient (Wildman–Crippen LogP) is 2.35. The van der Waals surface area contributed by atoms with Crippen LogP contribution in [0.5, 0.6) is 0 Å².